The van der Waals surface area contributed by atoms with Gasteiger partial charge in [0.25, 0.3) is 0 Å². The van der Waals surface area contributed by atoms with Gasteiger partial charge in [-0.25, -0.2) is 0 Å². The second kappa shape index (κ2) is 33.2. The smallest absolute Gasteiger partial charge is 0 e. The van der Waals surface area contributed by atoms with E-state index < -0.39 is 0 Å². The molecule has 0 saturated heterocycles. The van der Waals surface area contributed by atoms with Crippen LogP contribution in [0.25, 0.3) is 0 Å². The van der Waals surface area contributed by atoms with Crippen LogP contribution in [-0.2, 0) is 69.9 Å². The maximum atomic E-state index is 0. The Bertz CT molecular complexity index is 15.5. The van der Waals surface area contributed by atoms with E-state index in [0.717, 1.165) is 0 Å². The van der Waals surface area contributed by atoms with Crippen LogP contribution in [0.15, 0.2) is 0 Å². The molecule has 28 valence electrons. The molecule has 0 saturated carbocycles. The summed E-state index contributed by atoms with van der Waals surface area (Å²) in [7, 11) is 0. The van der Waals surface area contributed by atoms with Crippen molar-refractivity contribution in [2.75, 3.05) is 0 Å². The first-order valence-electron chi connectivity index (χ1n) is 0. The summed E-state index contributed by atoms with van der Waals surface area (Å²) >= 11 is 0. The monoisotopic (exact) mass is 616 g/mol. The third-order valence-electron chi connectivity index (χ3n) is 0. The van der Waals surface area contributed by atoms with Crippen LogP contribution in [-0.4, -0.2) is 72.4 Å². The van der Waals surface area contributed by atoms with Gasteiger partial charge >= 0.3 is 72.4 Å². The van der Waals surface area contributed by atoms with Gasteiger partial charge in [0.1, 0.15) is 0 Å². The average molecular weight is 615 g/mol. The predicted molar refractivity (Wildman–Crippen MR) is 25.6 cm³/mol. The number of hydrogen-bond donors (Lipinski definition) is 0. The van der Waals surface area contributed by atoms with E-state index in [4.69, 9.17) is 0 Å². The average Bonchev–Trinajstić information content (AvgIpc) is 0. The van der Waals surface area contributed by atoms with Crippen LogP contribution in [0.4, 0.5) is 0 Å². The molecule has 0 aliphatic rings. The fraction of sp³-hybridized carbons (Fsp3) is 0. The number of hydrogen-bond acceptors (Lipinski definition) is 0. The molecule has 6 heteroatoms. The molecule has 0 aromatic heterocycles. The van der Waals surface area contributed by atoms with Crippen molar-refractivity contribution in [2.24, 2.45) is 0 Å². The molecule has 6 heavy (non-hydrogen) atoms. The van der Waals surface area contributed by atoms with Crippen LogP contribution in [0.1, 0.15) is 0 Å². The molecule has 0 heterocycles. The molecule has 0 amide bonds. The zero-order valence-corrected chi connectivity index (χ0v) is 19.5. The van der Waals surface area contributed by atoms with E-state index >= 15 is 0 Å². The van der Waals surface area contributed by atoms with Crippen LogP contribution in [0.2, 0.25) is 0 Å². The van der Waals surface area contributed by atoms with Gasteiger partial charge in [-0.3, -0.25) is 0 Å². The molecular weight excluding hydrogens is 609 g/mol. The van der Waals surface area contributed by atoms with Gasteiger partial charge in [-0.2, -0.15) is 0 Å². The summed E-state index contributed by atoms with van der Waals surface area (Å²) in [5.74, 6) is 0. The van der Waals surface area contributed by atoms with Crippen LogP contribution in [0.5, 0.6) is 0 Å². The minimum Gasteiger partial charge on any atom is 0 e. The molecule has 0 unspecified atom stereocenters. The second-order valence-electron chi connectivity index (χ2n) is 0. The van der Waals surface area contributed by atoms with Crippen molar-refractivity contribution < 1.29 is 69.9 Å². The summed E-state index contributed by atoms with van der Waals surface area (Å²) in [4.78, 5) is 0. The SMILES string of the molecule is [BiH3].[LiH].[Nb].[PbH2].[Sc].[Ti]. The molecule has 0 fully saturated rings. The Balaban J connectivity index is 0. The molecule has 0 bridgehead atoms. The van der Waals surface area contributed by atoms with Gasteiger partial charge in [-0.15, -0.1) is 0 Å². The van der Waals surface area contributed by atoms with Crippen molar-refractivity contribution in [2.45, 2.75) is 0 Å². The molecule has 0 rings (SSSR count). The third-order valence-corrected chi connectivity index (χ3v) is 0. The van der Waals surface area contributed by atoms with E-state index in [0.29, 0.717) is 0 Å². The second-order valence-corrected chi connectivity index (χ2v) is 0. The van der Waals surface area contributed by atoms with Gasteiger partial charge in [0.15, 0.2) is 0 Å². The zero-order valence-electron chi connectivity index (χ0n) is 2.94. The maximum Gasteiger partial charge on any atom is 0 e. The Kier molecular flexibility index (Phi) is 251. The largest absolute Gasteiger partial charge is 0 e. The Morgan fingerprint density at radius 1 is 1.00 bits per heavy atom. The molecule has 0 spiro atoms. The van der Waals surface area contributed by atoms with Crippen molar-refractivity contribution in [1.29, 1.82) is 0 Å². The van der Waals surface area contributed by atoms with Gasteiger partial charge in [0.05, 0.1) is 0 Å². The van der Waals surface area contributed by atoms with Crippen LogP contribution >= 0.6 is 0 Å². The normalized spacial score (nSPS) is 0. The van der Waals surface area contributed by atoms with Crippen molar-refractivity contribution in [3.63, 3.8) is 0 Å². The molecule has 0 aliphatic heterocycles. The summed E-state index contributed by atoms with van der Waals surface area (Å²) in [5, 5.41) is 0. The van der Waals surface area contributed by atoms with Crippen molar-refractivity contribution in [3.05, 3.63) is 0 Å². The first-order valence-corrected chi connectivity index (χ1v) is 0. The quantitative estimate of drug-likeness (QED) is 0.260. The van der Waals surface area contributed by atoms with Crippen LogP contribution in [0.3, 0.4) is 0 Å². The summed E-state index contributed by atoms with van der Waals surface area (Å²) in [5.41, 5.74) is 0. The van der Waals surface area contributed by atoms with Crippen molar-refractivity contribution >= 4 is 72.4 Å². The maximum absolute atomic E-state index is 0. The molecule has 0 aliphatic carbocycles. The Morgan fingerprint density at radius 2 is 1.00 bits per heavy atom. The zero-order chi connectivity index (χ0) is 0. The van der Waals surface area contributed by atoms with E-state index in [1.807, 2.05) is 0 Å². The van der Waals surface area contributed by atoms with Crippen LogP contribution < -0.4 is 0 Å². The topological polar surface area (TPSA) is 0 Å². The van der Waals surface area contributed by atoms with Gasteiger partial charge in [0, 0.05) is 69.9 Å². The number of rotatable bonds is 0. The first-order chi connectivity index (χ1) is 0. The molecule has 0 atom stereocenters. The molecule has 0 nitrogen and oxygen atoms in total. The third kappa shape index (κ3) is 23.3. The molecule has 4 radical (unpaired) electrons. The molecule has 0 N–H and O–H groups in total. The van der Waals surface area contributed by atoms with Crippen molar-refractivity contribution in [1.82, 2.24) is 0 Å². The Morgan fingerprint density at radius 3 is 1.00 bits per heavy atom. The van der Waals surface area contributed by atoms with E-state index in [1.165, 1.54) is 0 Å². The Labute approximate surface area is 139 Å². The summed E-state index contributed by atoms with van der Waals surface area (Å²) in [6.07, 6.45) is 0. The molecule has 0 aromatic carbocycles. The predicted octanol–water partition coefficient (Wildman–Crippen LogP) is -2.76. The first kappa shape index (κ1) is 45.4. The van der Waals surface area contributed by atoms with Crippen molar-refractivity contribution in [3.8, 4) is 0 Å². The standard InChI is InChI=1S/Bi.Li.Nb.Pb.Sc.Ti.6H. The van der Waals surface area contributed by atoms with E-state index in [1.54, 1.807) is 0 Å². The summed E-state index contributed by atoms with van der Waals surface area (Å²) in [6.45, 7) is 0. The van der Waals surface area contributed by atoms with Gasteiger partial charge in [-0.05, 0) is 0 Å². The van der Waals surface area contributed by atoms with E-state index in [-0.39, 0.29) is 142 Å². The Hall–Kier alpha value is 4.73. The van der Waals surface area contributed by atoms with Gasteiger partial charge in [-0.1, -0.05) is 0 Å². The van der Waals surface area contributed by atoms with E-state index in [9.17, 15) is 0 Å². The van der Waals surface area contributed by atoms with Crippen LogP contribution in [0, 0.1) is 0 Å². The fourth-order valence-electron chi connectivity index (χ4n) is 0. The summed E-state index contributed by atoms with van der Waals surface area (Å²) < 4.78 is 0. The van der Waals surface area contributed by atoms with Gasteiger partial charge < -0.3 is 0 Å². The summed E-state index contributed by atoms with van der Waals surface area (Å²) in [6, 6.07) is 0. The minimum absolute atomic E-state index is 0. The molecule has 0 aromatic rings. The minimum atomic E-state index is 0. The molecular formula is H6BiLiNbPbScTi. The van der Waals surface area contributed by atoms with Gasteiger partial charge in [0.2, 0.25) is 0 Å². The fourth-order valence-corrected chi connectivity index (χ4v) is 0. The van der Waals surface area contributed by atoms with E-state index in [2.05, 4.69) is 0 Å².